The molecule has 2 saturated heterocycles. The fraction of sp³-hybridized carbons (Fsp3) is 0.773. The average molecular weight is 406 g/mol. The lowest BCUT2D eigenvalue weighted by Crippen LogP contribution is -2.51. The third-order valence-corrected chi connectivity index (χ3v) is 5.95. The molecule has 0 amide bonds. The van der Waals surface area contributed by atoms with Gasteiger partial charge in [0.05, 0.1) is 25.5 Å². The molecule has 1 aromatic heterocycles. The molecule has 2 unspecified atom stereocenters. The first-order valence-electron chi connectivity index (χ1n) is 11.2. The Morgan fingerprint density at radius 2 is 1.79 bits per heavy atom. The second kappa shape index (κ2) is 11.6. The van der Waals surface area contributed by atoms with Gasteiger partial charge in [-0.1, -0.05) is 13.8 Å². The van der Waals surface area contributed by atoms with Crippen LogP contribution in [0.25, 0.3) is 0 Å². The molecule has 0 radical (unpaired) electrons. The molecule has 1 aromatic rings. The van der Waals surface area contributed by atoms with Crippen molar-refractivity contribution >= 4 is 5.96 Å². The number of rotatable bonds is 9. The standard InChI is InChI=1S/C22H39N5O2/c1-18(2)15-19(26-10-13-28-14-11-26)16-24-22(23-3)25-17-20(21-7-6-12-29-21)27-8-4-5-9-27/h6-7,12,18-20H,4-5,8-11,13-17H2,1-3H3,(H2,23,24,25). The summed E-state index contributed by atoms with van der Waals surface area (Å²) < 4.78 is 11.3. The Morgan fingerprint density at radius 3 is 2.41 bits per heavy atom. The van der Waals surface area contributed by atoms with Crippen LogP contribution in [-0.4, -0.2) is 81.3 Å². The van der Waals surface area contributed by atoms with E-state index in [1.807, 2.05) is 13.1 Å². The molecular formula is C22H39N5O2. The van der Waals surface area contributed by atoms with Crippen molar-refractivity contribution in [2.75, 3.05) is 59.5 Å². The van der Waals surface area contributed by atoms with Crippen LogP contribution in [0.15, 0.2) is 27.8 Å². The van der Waals surface area contributed by atoms with Gasteiger partial charge in [0.25, 0.3) is 0 Å². The van der Waals surface area contributed by atoms with Gasteiger partial charge in [-0.3, -0.25) is 14.8 Å². The number of morpholine rings is 1. The van der Waals surface area contributed by atoms with Crippen LogP contribution in [0, 0.1) is 5.92 Å². The molecule has 7 nitrogen and oxygen atoms in total. The van der Waals surface area contributed by atoms with Crippen molar-refractivity contribution in [2.24, 2.45) is 10.9 Å². The maximum absolute atomic E-state index is 5.73. The van der Waals surface area contributed by atoms with Crippen molar-refractivity contribution in [3.05, 3.63) is 24.2 Å². The normalized spacial score (nSPS) is 21.4. The van der Waals surface area contributed by atoms with Gasteiger partial charge in [-0.25, -0.2) is 0 Å². The van der Waals surface area contributed by atoms with Gasteiger partial charge in [0.1, 0.15) is 5.76 Å². The van der Waals surface area contributed by atoms with Crippen LogP contribution in [0.1, 0.15) is 44.9 Å². The molecule has 7 heteroatoms. The predicted molar refractivity (Wildman–Crippen MR) is 117 cm³/mol. The number of hydrogen-bond donors (Lipinski definition) is 2. The van der Waals surface area contributed by atoms with Gasteiger partial charge in [0.2, 0.25) is 0 Å². The average Bonchev–Trinajstić information content (AvgIpc) is 3.44. The monoisotopic (exact) mass is 405 g/mol. The molecule has 2 aliphatic rings. The van der Waals surface area contributed by atoms with E-state index in [9.17, 15) is 0 Å². The minimum Gasteiger partial charge on any atom is -0.468 e. The summed E-state index contributed by atoms with van der Waals surface area (Å²) in [4.78, 5) is 9.53. The molecule has 0 spiro atoms. The van der Waals surface area contributed by atoms with Crippen molar-refractivity contribution in [2.45, 2.75) is 45.2 Å². The highest BCUT2D eigenvalue weighted by Crippen LogP contribution is 2.24. The number of ether oxygens (including phenoxy) is 1. The number of hydrogen-bond acceptors (Lipinski definition) is 5. The van der Waals surface area contributed by atoms with E-state index in [0.717, 1.165) is 64.2 Å². The lowest BCUT2D eigenvalue weighted by atomic mass is 10.0. The first-order chi connectivity index (χ1) is 14.2. The highest BCUT2D eigenvalue weighted by molar-refractivity contribution is 5.79. The zero-order chi connectivity index (χ0) is 20.5. The Labute approximate surface area is 175 Å². The lowest BCUT2D eigenvalue weighted by molar-refractivity contribution is 0.0132. The highest BCUT2D eigenvalue weighted by atomic mass is 16.5. The van der Waals surface area contributed by atoms with Crippen LogP contribution in [0.4, 0.5) is 0 Å². The Morgan fingerprint density at radius 1 is 1.07 bits per heavy atom. The van der Waals surface area contributed by atoms with Crippen molar-refractivity contribution in [3.63, 3.8) is 0 Å². The number of nitrogens with zero attached hydrogens (tertiary/aromatic N) is 3. The minimum absolute atomic E-state index is 0.247. The number of aliphatic imine (C=N–C) groups is 1. The lowest BCUT2D eigenvalue weighted by Gasteiger charge is -2.36. The molecule has 29 heavy (non-hydrogen) atoms. The summed E-state index contributed by atoms with van der Waals surface area (Å²) in [6, 6.07) is 4.80. The third kappa shape index (κ3) is 6.73. The van der Waals surface area contributed by atoms with Crippen molar-refractivity contribution < 1.29 is 9.15 Å². The van der Waals surface area contributed by atoms with E-state index < -0.39 is 0 Å². The number of nitrogens with one attached hydrogen (secondary N) is 2. The molecule has 3 heterocycles. The van der Waals surface area contributed by atoms with Crippen LogP contribution in [-0.2, 0) is 4.74 Å². The summed E-state index contributed by atoms with van der Waals surface area (Å²) in [6.07, 6.45) is 5.47. The molecular weight excluding hydrogens is 366 g/mol. The van der Waals surface area contributed by atoms with Gasteiger partial charge in [-0.05, 0) is 50.4 Å². The molecule has 0 aliphatic carbocycles. The molecule has 0 bridgehead atoms. The van der Waals surface area contributed by atoms with Crippen LogP contribution in [0.5, 0.6) is 0 Å². The van der Waals surface area contributed by atoms with Crippen molar-refractivity contribution in [1.29, 1.82) is 0 Å². The Balaban J connectivity index is 1.54. The van der Waals surface area contributed by atoms with Crippen molar-refractivity contribution in [1.82, 2.24) is 20.4 Å². The zero-order valence-corrected chi connectivity index (χ0v) is 18.4. The van der Waals surface area contributed by atoms with E-state index >= 15 is 0 Å². The predicted octanol–water partition coefficient (Wildman–Crippen LogP) is 2.33. The number of furan rings is 1. The van der Waals surface area contributed by atoms with Crippen LogP contribution >= 0.6 is 0 Å². The molecule has 3 rings (SSSR count). The maximum Gasteiger partial charge on any atom is 0.191 e. The van der Waals surface area contributed by atoms with Gasteiger partial charge >= 0.3 is 0 Å². The van der Waals surface area contributed by atoms with Gasteiger partial charge in [-0.2, -0.15) is 0 Å². The molecule has 2 atom stereocenters. The first kappa shape index (κ1) is 22.1. The second-order valence-electron chi connectivity index (χ2n) is 8.54. The number of guanidine groups is 1. The van der Waals surface area contributed by atoms with Gasteiger partial charge in [-0.15, -0.1) is 0 Å². The van der Waals surface area contributed by atoms with Crippen molar-refractivity contribution in [3.8, 4) is 0 Å². The van der Waals surface area contributed by atoms with E-state index in [1.165, 1.54) is 19.3 Å². The van der Waals surface area contributed by atoms with E-state index in [4.69, 9.17) is 9.15 Å². The van der Waals surface area contributed by atoms with Gasteiger partial charge in [0.15, 0.2) is 5.96 Å². The number of likely N-dealkylation sites (tertiary alicyclic amines) is 1. The third-order valence-electron chi connectivity index (χ3n) is 5.95. The van der Waals surface area contributed by atoms with Gasteiger partial charge < -0.3 is 19.8 Å². The quantitative estimate of drug-likeness (QED) is 0.486. The Hall–Kier alpha value is -1.57. The summed E-state index contributed by atoms with van der Waals surface area (Å²) in [7, 11) is 1.85. The fourth-order valence-corrected chi connectivity index (χ4v) is 4.42. The smallest absolute Gasteiger partial charge is 0.191 e. The minimum atomic E-state index is 0.247. The zero-order valence-electron chi connectivity index (χ0n) is 18.4. The largest absolute Gasteiger partial charge is 0.468 e. The summed E-state index contributed by atoms with van der Waals surface area (Å²) >= 11 is 0. The molecule has 164 valence electrons. The van der Waals surface area contributed by atoms with E-state index in [-0.39, 0.29) is 6.04 Å². The SMILES string of the molecule is CN=C(NCC(CC(C)C)N1CCOCC1)NCC(c1ccco1)N1CCCC1. The molecule has 2 N–H and O–H groups in total. The summed E-state index contributed by atoms with van der Waals surface area (Å²) in [6.45, 7) is 12.2. The Bertz CT molecular complexity index is 592. The maximum atomic E-state index is 5.73. The molecule has 0 saturated carbocycles. The highest BCUT2D eigenvalue weighted by Gasteiger charge is 2.26. The second-order valence-corrected chi connectivity index (χ2v) is 8.54. The summed E-state index contributed by atoms with van der Waals surface area (Å²) in [5.41, 5.74) is 0. The molecule has 2 fully saturated rings. The van der Waals surface area contributed by atoms with Crippen LogP contribution in [0.3, 0.4) is 0 Å². The fourth-order valence-electron chi connectivity index (χ4n) is 4.42. The van der Waals surface area contributed by atoms with E-state index in [1.54, 1.807) is 6.26 Å². The molecule has 0 aromatic carbocycles. The Kier molecular flexibility index (Phi) is 8.83. The molecule has 2 aliphatic heterocycles. The van der Waals surface area contributed by atoms with Crippen LogP contribution in [0.2, 0.25) is 0 Å². The summed E-state index contributed by atoms with van der Waals surface area (Å²) in [5.74, 6) is 2.56. The topological polar surface area (TPSA) is 65.3 Å². The van der Waals surface area contributed by atoms with Gasteiger partial charge in [0, 0.05) is 39.3 Å². The van der Waals surface area contributed by atoms with Crippen LogP contribution < -0.4 is 10.6 Å². The first-order valence-corrected chi connectivity index (χ1v) is 11.2. The van der Waals surface area contributed by atoms with E-state index in [0.29, 0.717) is 12.0 Å². The van der Waals surface area contributed by atoms with E-state index in [2.05, 4.69) is 45.3 Å². The summed E-state index contributed by atoms with van der Waals surface area (Å²) in [5, 5.41) is 7.11.